The van der Waals surface area contributed by atoms with Crippen LogP contribution in [-0.4, -0.2) is 19.9 Å². The van der Waals surface area contributed by atoms with E-state index in [2.05, 4.69) is 69.5 Å². The van der Waals surface area contributed by atoms with Crippen molar-refractivity contribution >= 4 is 17.0 Å². The summed E-state index contributed by atoms with van der Waals surface area (Å²) in [5, 5.41) is 3.02. The fraction of sp³-hybridized carbons (Fsp3) is 0.276. The van der Waals surface area contributed by atoms with Crippen molar-refractivity contribution in [2.45, 2.75) is 44.3 Å². The maximum atomic E-state index is 6.42. The van der Waals surface area contributed by atoms with Crippen molar-refractivity contribution in [3.05, 3.63) is 107 Å². The molecule has 3 N–H and O–H groups in total. The van der Waals surface area contributed by atoms with E-state index in [0.29, 0.717) is 6.54 Å². The van der Waals surface area contributed by atoms with E-state index < -0.39 is 0 Å². The van der Waals surface area contributed by atoms with E-state index >= 15 is 0 Å². The zero-order valence-electron chi connectivity index (χ0n) is 20.1. The maximum Gasteiger partial charge on any atom is 0.129 e. The molecule has 0 radical (unpaired) electrons. The fourth-order valence-electron chi connectivity index (χ4n) is 5.68. The van der Waals surface area contributed by atoms with E-state index in [9.17, 15) is 0 Å². The third kappa shape index (κ3) is 4.29. The average Bonchev–Trinajstić information content (AvgIpc) is 3.67. The molecule has 0 aliphatic heterocycles. The van der Waals surface area contributed by atoms with Crippen molar-refractivity contribution in [3.8, 4) is 10.6 Å². The SMILES string of the molecule is NCc1cc(-c2nccs2)ccc1N(C1CCCc2cccnc21)C(c1ncc[nH]1)C1C=CC=CC1. The lowest BCUT2D eigenvalue weighted by Crippen LogP contribution is -2.40. The van der Waals surface area contributed by atoms with Gasteiger partial charge in [0.05, 0.1) is 17.8 Å². The van der Waals surface area contributed by atoms with Crippen LogP contribution in [0, 0.1) is 5.92 Å². The van der Waals surface area contributed by atoms with Gasteiger partial charge in [-0.1, -0.05) is 30.4 Å². The zero-order chi connectivity index (χ0) is 24.3. The summed E-state index contributed by atoms with van der Waals surface area (Å²) in [4.78, 5) is 20.3. The lowest BCUT2D eigenvalue weighted by Gasteiger charge is -2.44. The molecule has 2 aliphatic rings. The number of fused-ring (bicyclic) bond motifs is 1. The third-order valence-corrected chi connectivity index (χ3v) is 8.10. The Hall–Kier alpha value is -3.55. The molecule has 1 aromatic carbocycles. The van der Waals surface area contributed by atoms with E-state index in [1.54, 1.807) is 11.3 Å². The molecule has 0 fully saturated rings. The highest BCUT2D eigenvalue weighted by molar-refractivity contribution is 7.13. The molecule has 182 valence electrons. The molecule has 0 bridgehead atoms. The van der Waals surface area contributed by atoms with Crippen LogP contribution in [0.15, 0.2) is 84.8 Å². The number of thiazole rings is 1. The number of aromatic amines is 1. The van der Waals surface area contributed by atoms with Crippen LogP contribution in [0.5, 0.6) is 0 Å². The fourth-order valence-corrected chi connectivity index (χ4v) is 6.32. The normalized spacial score (nSPS) is 19.7. The second-order valence-corrected chi connectivity index (χ2v) is 10.3. The number of benzene rings is 1. The number of imidazole rings is 1. The minimum absolute atomic E-state index is 0.00942. The van der Waals surface area contributed by atoms with Crippen LogP contribution in [0.4, 0.5) is 5.69 Å². The number of aryl methyl sites for hydroxylation is 1. The Labute approximate surface area is 215 Å². The number of H-pyrrole nitrogens is 1. The number of nitrogens with zero attached hydrogens (tertiary/aromatic N) is 4. The predicted molar refractivity (Wildman–Crippen MR) is 146 cm³/mol. The molecule has 4 aromatic rings. The first-order chi connectivity index (χ1) is 17.8. The van der Waals surface area contributed by atoms with E-state index in [4.69, 9.17) is 15.7 Å². The second kappa shape index (κ2) is 10.2. The summed E-state index contributed by atoms with van der Waals surface area (Å²) in [5.41, 5.74) is 12.3. The predicted octanol–water partition coefficient (Wildman–Crippen LogP) is 6.14. The van der Waals surface area contributed by atoms with Gasteiger partial charge in [-0.2, -0.15) is 0 Å². The molecular weight excluding hydrogens is 464 g/mol. The van der Waals surface area contributed by atoms with Gasteiger partial charge in [0.25, 0.3) is 0 Å². The summed E-state index contributed by atoms with van der Waals surface area (Å²) in [6, 6.07) is 11.0. The summed E-state index contributed by atoms with van der Waals surface area (Å²) >= 11 is 1.65. The molecule has 6 nitrogen and oxygen atoms in total. The topological polar surface area (TPSA) is 83.7 Å². The highest BCUT2D eigenvalue weighted by atomic mass is 32.1. The molecule has 3 heterocycles. The highest BCUT2D eigenvalue weighted by Gasteiger charge is 2.38. The summed E-state index contributed by atoms with van der Waals surface area (Å²) in [5.74, 6) is 1.23. The van der Waals surface area contributed by atoms with Gasteiger partial charge in [-0.15, -0.1) is 11.3 Å². The van der Waals surface area contributed by atoms with Crippen molar-refractivity contribution < 1.29 is 0 Å². The molecule has 3 unspecified atom stereocenters. The lowest BCUT2D eigenvalue weighted by atomic mass is 9.84. The number of hydrogen-bond donors (Lipinski definition) is 2. The van der Waals surface area contributed by atoms with Gasteiger partial charge in [0, 0.05) is 53.9 Å². The van der Waals surface area contributed by atoms with Crippen molar-refractivity contribution in [1.29, 1.82) is 0 Å². The Morgan fingerprint density at radius 3 is 2.86 bits per heavy atom. The van der Waals surface area contributed by atoms with Crippen LogP contribution < -0.4 is 10.6 Å². The first kappa shape index (κ1) is 22.9. The molecular formula is C29H30N6S. The summed E-state index contributed by atoms with van der Waals surface area (Å²) in [6.45, 7) is 0.443. The van der Waals surface area contributed by atoms with Crippen LogP contribution in [-0.2, 0) is 13.0 Å². The Morgan fingerprint density at radius 2 is 2.08 bits per heavy atom. The Balaban J connectivity index is 1.54. The van der Waals surface area contributed by atoms with E-state index in [1.807, 2.05) is 30.2 Å². The van der Waals surface area contributed by atoms with Crippen LogP contribution in [0.2, 0.25) is 0 Å². The van der Waals surface area contributed by atoms with Gasteiger partial charge in [-0.05, 0) is 61.1 Å². The molecule has 36 heavy (non-hydrogen) atoms. The number of nitrogens with one attached hydrogen (secondary N) is 1. The molecule has 7 heteroatoms. The Morgan fingerprint density at radius 1 is 1.11 bits per heavy atom. The number of hydrogen-bond acceptors (Lipinski definition) is 6. The zero-order valence-corrected chi connectivity index (χ0v) is 20.9. The Bertz CT molecular complexity index is 1360. The van der Waals surface area contributed by atoms with Crippen molar-refractivity contribution in [3.63, 3.8) is 0 Å². The van der Waals surface area contributed by atoms with Gasteiger partial charge in [-0.3, -0.25) is 4.98 Å². The third-order valence-electron chi connectivity index (χ3n) is 7.28. The largest absolute Gasteiger partial charge is 0.352 e. The van der Waals surface area contributed by atoms with Gasteiger partial charge in [-0.25, -0.2) is 9.97 Å². The van der Waals surface area contributed by atoms with Crippen LogP contribution >= 0.6 is 11.3 Å². The van der Waals surface area contributed by atoms with Gasteiger partial charge >= 0.3 is 0 Å². The standard InChI is InChI=1S/C29H30N6S/c30-19-23-18-22(29-34-16-17-36-29)11-12-24(23)35(25-10-4-8-20-9-5-13-31-26(20)25)27(28-32-14-15-33-28)21-6-2-1-3-7-21/h1-3,5-6,9,11-18,21,25,27H,4,7-8,10,19,30H2,(H,32,33). The quantitative estimate of drug-likeness (QED) is 0.322. The number of allylic oxidation sites excluding steroid dienone is 3. The van der Waals surface area contributed by atoms with Gasteiger partial charge in [0.2, 0.25) is 0 Å². The molecule has 0 spiro atoms. The summed E-state index contributed by atoms with van der Waals surface area (Å²) < 4.78 is 0. The first-order valence-corrected chi connectivity index (χ1v) is 13.5. The van der Waals surface area contributed by atoms with Crippen molar-refractivity contribution in [2.75, 3.05) is 4.90 Å². The average molecular weight is 495 g/mol. The number of nitrogens with two attached hydrogens (primary N) is 1. The summed E-state index contributed by atoms with van der Waals surface area (Å²) in [6.07, 6.45) is 20.6. The maximum absolute atomic E-state index is 6.42. The van der Waals surface area contributed by atoms with Crippen LogP contribution in [0.1, 0.15) is 54.0 Å². The number of pyridine rings is 1. The van der Waals surface area contributed by atoms with Crippen LogP contribution in [0.25, 0.3) is 10.6 Å². The van der Waals surface area contributed by atoms with E-state index in [-0.39, 0.29) is 18.0 Å². The monoisotopic (exact) mass is 494 g/mol. The minimum Gasteiger partial charge on any atom is -0.352 e. The van der Waals surface area contributed by atoms with Gasteiger partial charge in [0.15, 0.2) is 0 Å². The van der Waals surface area contributed by atoms with Gasteiger partial charge in [0.1, 0.15) is 10.8 Å². The second-order valence-electron chi connectivity index (χ2n) is 9.38. The van der Waals surface area contributed by atoms with E-state index in [0.717, 1.165) is 53.3 Å². The number of aromatic nitrogens is 4. The number of anilines is 1. The van der Waals surface area contributed by atoms with Crippen molar-refractivity contribution in [1.82, 2.24) is 19.9 Å². The molecule has 0 saturated carbocycles. The highest BCUT2D eigenvalue weighted by Crippen LogP contribution is 2.46. The van der Waals surface area contributed by atoms with E-state index in [1.165, 1.54) is 11.3 Å². The molecule has 0 amide bonds. The minimum atomic E-state index is 0.00942. The molecule has 3 aromatic heterocycles. The van der Waals surface area contributed by atoms with Crippen LogP contribution in [0.3, 0.4) is 0 Å². The lowest BCUT2D eigenvalue weighted by molar-refractivity contribution is 0.390. The summed E-state index contributed by atoms with van der Waals surface area (Å²) in [7, 11) is 0. The van der Waals surface area contributed by atoms with Gasteiger partial charge < -0.3 is 15.6 Å². The van der Waals surface area contributed by atoms with Crippen molar-refractivity contribution in [2.24, 2.45) is 11.7 Å². The Kier molecular flexibility index (Phi) is 6.49. The first-order valence-electron chi connectivity index (χ1n) is 12.6. The molecule has 2 aliphatic carbocycles. The molecule has 3 atom stereocenters. The smallest absolute Gasteiger partial charge is 0.129 e. The number of rotatable bonds is 7. The molecule has 6 rings (SSSR count). The molecule has 0 saturated heterocycles.